The molecule has 2 N–H and O–H groups in total. The van der Waals surface area contributed by atoms with E-state index in [2.05, 4.69) is 15.6 Å². The van der Waals surface area contributed by atoms with Crippen molar-refractivity contribution in [2.75, 3.05) is 11.9 Å². The fourth-order valence-electron chi connectivity index (χ4n) is 1.51. The van der Waals surface area contributed by atoms with Crippen molar-refractivity contribution in [3.63, 3.8) is 0 Å². The Hall–Kier alpha value is -2.35. The number of nitrogens with zero attached hydrogens (tertiary/aromatic N) is 1. The van der Waals surface area contributed by atoms with Gasteiger partial charge in [-0.15, -0.1) is 11.3 Å². The average Bonchev–Trinajstić information content (AvgIpc) is 2.81. The summed E-state index contributed by atoms with van der Waals surface area (Å²) in [7, 11) is 0. The maximum atomic E-state index is 13.4. The van der Waals surface area contributed by atoms with E-state index in [1.807, 2.05) is 6.92 Å². The molecule has 1 aromatic carbocycles. The summed E-state index contributed by atoms with van der Waals surface area (Å²) in [5, 5.41) is 5.16. The van der Waals surface area contributed by atoms with Gasteiger partial charge in [-0.2, -0.15) is 0 Å². The number of rotatable bonds is 4. The van der Waals surface area contributed by atoms with E-state index < -0.39 is 23.4 Å². The first-order chi connectivity index (χ1) is 9.95. The molecular formula is C13H11F2N3O2S. The van der Waals surface area contributed by atoms with Crippen LogP contribution in [0, 0.1) is 18.6 Å². The molecule has 21 heavy (non-hydrogen) atoms. The highest BCUT2D eigenvalue weighted by Crippen LogP contribution is 2.16. The van der Waals surface area contributed by atoms with Crippen molar-refractivity contribution in [3.05, 3.63) is 46.5 Å². The van der Waals surface area contributed by atoms with Crippen molar-refractivity contribution in [1.29, 1.82) is 0 Å². The minimum Gasteiger partial charge on any atom is -0.343 e. The minimum absolute atomic E-state index is 0.325. The van der Waals surface area contributed by atoms with Gasteiger partial charge in [0.25, 0.3) is 5.91 Å². The topological polar surface area (TPSA) is 71.1 Å². The molecule has 2 aromatic rings. The number of benzene rings is 1. The number of aromatic nitrogens is 1. The summed E-state index contributed by atoms with van der Waals surface area (Å²) in [5.74, 6) is -3.04. The highest BCUT2D eigenvalue weighted by molar-refractivity contribution is 7.15. The first-order valence-electron chi connectivity index (χ1n) is 5.91. The molecule has 8 heteroatoms. The van der Waals surface area contributed by atoms with E-state index in [9.17, 15) is 18.4 Å². The summed E-state index contributed by atoms with van der Waals surface area (Å²) in [6.07, 6.45) is 1.60. The minimum atomic E-state index is -0.983. The number of amides is 2. The molecule has 0 fully saturated rings. The molecule has 0 saturated heterocycles. The van der Waals surface area contributed by atoms with Crippen LogP contribution in [0.3, 0.4) is 0 Å². The maximum absolute atomic E-state index is 13.4. The molecule has 0 saturated carbocycles. The average molecular weight is 311 g/mol. The molecule has 2 amide bonds. The van der Waals surface area contributed by atoms with E-state index in [1.165, 1.54) is 11.3 Å². The Morgan fingerprint density at radius 1 is 1.33 bits per heavy atom. The van der Waals surface area contributed by atoms with Gasteiger partial charge in [0, 0.05) is 17.1 Å². The fourth-order valence-corrected chi connectivity index (χ4v) is 2.19. The number of nitrogens with one attached hydrogen (secondary N) is 2. The second kappa shape index (κ2) is 6.40. The number of anilines is 1. The predicted octanol–water partition coefficient (Wildman–Crippen LogP) is 2.10. The zero-order chi connectivity index (χ0) is 15.4. The summed E-state index contributed by atoms with van der Waals surface area (Å²) >= 11 is 1.29. The maximum Gasteiger partial charge on any atom is 0.254 e. The molecule has 1 aromatic heterocycles. The molecule has 5 nitrogen and oxygen atoms in total. The van der Waals surface area contributed by atoms with Crippen LogP contribution in [0.15, 0.2) is 24.4 Å². The van der Waals surface area contributed by atoms with Gasteiger partial charge < -0.3 is 10.6 Å². The Labute approximate surface area is 123 Å². The zero-order valence-corrected chi connectivity index (χ0v) is 11.8. The van der Waals surface area contributed by atoms with Crippen molar-refractivity contribution < 1.29 is 18.4 Å². The van der Waals surface area contributed by atoms with Crippen LogP contribution in [0.4, 0.5) is 13.9 Å². The Kier molecular flexibility index (Phi) is 4.59. The standard InChI is InChI=1S/C13H11F2N3O2S/c1-7-5-17-13(21-7)18-11(19)6-16-12(20)9-3-2-8(14)4-10(9)15/h2-5H,6H2,1H3,(H,16,20)(H,17,18,19). The summed E-state index contributed by atoms with van der Waals surface area (Å²) < 4.78 is 26.1. The van der Waals surface area contributed by atoms with Gasteiger partial charge in [-0.25, -0.2) is 13.8 Å². The number of halogens is 2. The van der Waals surface area contributed by atoms with Crippen LogP contribution in [-0.2, 0) is 4.79 Å². The van der Waals surface area contributed by atoms with Gasteiger partial charge in [-0.1, -0.05) is 0 Å². The van der Waals surface area contributed by atoms with Crippen LogP contribution in [-0.4, -0.2) is 23.3 Å². The predicted molar refractivity (Wildman–Crippen MR) is 74.2 cm³/mol. The lowest BCUT2D eigenvalue weighted by molar-refractivity contribution is -0.115. The lowest BCUT2D eigenvalue weighted by Crippen LogP contribution is -2.33. The second-order valence-corrected chi connectivity index (χ2v) is 5.37. The number of hydrogen-bond acceptors (Lipinski definition) is 4. The molecule has 2 rings (SSSR count). The summed E-state index contributed by atoms with van der Waals surface area (Å²) in [4.78, 5) is 28.1. The van der Waals surface area contributed by atoms with Crippen molar-refractivity contribution in [1.82, 2.24) is 10.3 Å². The number of thiazole rings is 1. The van der Waals surface area contributed by atoms with Crippen molar-refractivity contribution in [2.45, 2.75) is 6.92 Å². The first-order valence-corrected chi connectivity index (χ1v) is 6.73. The Morgan fingerprint density at radius 3 is 2.71 bits per heavy atom. The van der Waals surface area contributed by atoms with Crippen LogP contribution >= 0.6 is 11.3 Å². The number of aryl methyl sites for hydroxylation is 1. The third-order valence-electron chi connectivity index (χ3n) is 2.45. The normalized spacial score (nSPS) is 10.2. The highest BCUT2D eigenvalue weighted by Gasteiger charge is 2.14. The molecule has 0 aliphatic rings. The molecule has 0 spiro atoms. The van der Waals surface area contributed by atoms with Crippen LogP contribution < -0.4 is 10.6 Å². The molecular weight excluding hydrogens is 300 g/mol. The lowest BCUT2D eigenvalue weighted by Gasteiger charge is -2.06. The van der Waals surface area contributed by atoms with E-state index >= 15 is 0 Å². The summed E-state index contributed by atoms with van der Waals surface area (Å²) in [5.41, 5.74) is -0.325. The molecule has 0 bridgehead atoms. The van der Waals surface area contributed by atoms with Crippen LogP contribution in [0.5, 0.6) is 0 Å². The Balaban J connectivity index is 1.90. The monoisotopic (exact) mass is 311 g/mol. The Morgan fingerprint density at radius 2 is 2.10 bits per heavy atom. The van der Waals surface area contributed by atoms with Crippen LogP contribution in [0.2, 0.25) is 0 Å². The van der Waals surface area contributed by atoms with E-state index in [0.29, 0.717) is 11.2 Å². The molecule has 0 atom stereocenters. The van der Waals surface area contributed by atoms with Gasteiger partial charge in [-0.05, 0) is 19.1 Å². The van der Waals surface area contributed by atoms with Gasteiger partial charge in [0.2, 0.25) is 5.91 Å². The SMILES string of the molecule is Cc1cnc(NC(=O)CNC(=O)c2ccc(F)cc2F)s1. The second-order valence-electron chi connectivity index (χ2n) is 4.13. The zero-order valence-electron chi connectivity index (χ0n) is 10.9. The fraction of sp³-hybridized carbons (Fsp3) is 0.154. The molecule has 0 aliphatic carbocycles. The molecule has 110 valence electrons. The molecule has 0 aliphatic heterocycles. The van der Waals surface area contributed by atoms with Gasteiger partial charge in [0.05, 0.1) is 12.1 Å². The third kappa shape index (κ3) is 4.06. The quantitative estimate of drug-likeness (QED) is 0.908. The smallest absolute Gasteiger partial charge is 0.254 e. The summed E-state index contributed by atoms with van der Waals surface area (Å²) in [6, 6.07) is 2.59. The largest absolute Gasteiger partial charge is 0.343 e. The van der Waals surface area contributed by atoms with Crippen molar-refractivity contribution in [2.24, 2.45) is 0 Å². The van der Waals surface area contributed by atoms with Gasteiger partial charge >= 0.3 is 0 Å². The van der Waals surface area contributed by atoms with Gasteiger partial charge in [0.15, 0.2) is 5.13 Å². The number of carbonyl (C=O) groups excluding carboxylic acids is 2. The van der Waals surface area contributed by atoms with Gasteiger partial charge in [0.1, 0.15) is 11.6 Å². The third-order valence-corrected chi connectivity index (χ3v) is 3.28. The Bertz CT molecular complexity index is 688. The first kappa shape index (κ1) is 15.0. The van der Waals surface area contributed by atoms with Gasteiger partial charge in [-0.3, -0.25) is 9.59 Å². The molecule has 0 unspecified atom stereocenters. The summed E-state index contributed by atoms with van der Waals surface area (Å²) in [6.45, 7) is 1.50. The molecule has 1 heterocycles. The highest BCUT2D eigenvalue weighted by atomic mass is 32.1. The molecule has 0 radical (unpaired) electrons. The van der Waals surface area contributed by atoms with Crippen LogP contribution in [0.1, 0.15) is 15.2 Å². The lowest BCUT2D eigenvalue weighted by atomic mass is 10.2. The van der Waals surface area contributed by atoms with E-state index in [0.717, 1.165) is 17.0 Å². The number of carbonyl (C=O) groups is 2. The number of hydrogen-bond donors (Lipinski definition) is 2. The van der Waals surface area contributed by atoms with Crippen molar-refractivity contribution in [3.8, 4) is 0 Å². The van der Waals surface area contributed by atoms with E-state index in [1.54, 1.807) is 6.20 Å². The van der Waals surface area contributed by atoms with E-state index in [4.69, 9.17) is 0 Å². The van der Waals surface area contributed by atoms with Crippen molar-refractivity contribution >= 4 is 28.3 Å². The van der Waals surface area contributed by atoms with E-state index in [-0.39, 0.29) is 12.1 Å². The van der Waals surface area contributed by atoms with Crippen LogP contribution in [0.25, 0.3) is 0 Å².